The highest BCUT2D eigenvalue weighted by molar-refractivity contribution is 8.00. The van der Waals surface area contributed by atoms with E-state index in [2.05, 4.69) is 23.6 Å². The van der Waals surface area contributed by atoms with Gasteiger partial charge in [0, 0.05) is 34.5 Å². The largest absolute Gasteiger partial charge is 0.372 e. The SMILES string of the molecule is CC1CCC(C2CCC(N(C3CCCCC3)C3CCCC4C5CCC6SC7CCCCC7C6C5OC43)CC2)CC1. The van der Waals surface area contributed by atoms with Crippen molar-refractivity contribution in [3.8, 4) is 0 Å². The lowest BCUT2D eigenvalue weighted by atomic mass is 9.64. The molecule has 40 heavy (non-hydrogen) atoms. The Morgan fingerprint density at radius 2 is 1.15 bits per heavy atom. The number of fused-ring (bicyclic) bond motifs is 7. The molecule has 6 saturated carbocycles. The molecule has 0 N–H and O–H groups in total. The summed E-state index contributed by atoms with van der Waals surface area (Å²) in [4.78, 5) is 3.25. The van der Waals surface area contributed by atoms with Gasteiger partial charge in [0.15, 0.2) is 0 Å². The molecule has 8 rings (SSSR count). The topological polar surface area (TPSA) is 12.5 Å². The van der Waals surface area contributed by atoms with Gasteiger partial charge in [0.1, 0.15) is 0 Å². The van der Waals surface area contributed by atoms with Gasteiger partial charge in [-0.3, -0.25) is 4.90 Å². The molecule has 0 radical (unpaired) electrons. The quantitative estimate of drug-likeness (QED) is 0.335. The van der Waals surface area contributed by atoms with Crippen LogP contribution in [0.15, 0.2) is 0 Å². The molecule has 9 atom stereocenters. The smallest absolute Gasteiger partial charge is 0.0766 e. The minimum atomic E-state index is 0.564. The third-order valence-electron chi connectivity index (χ3n) is 14.6. The molecular weight excluding hydrogens is 506 g/mol. The van der Waals surface area contributed by atoms with Gasteiger partial charge in [0.2, 0.25) is 0 Å². The van der Waals surface area contributed by atoms with E-state index in [9.17, 15) is 0 Å². The zero-order valence-corrected chi connectivity index (χ0v) is 26.7. The second-order valence-corrected chi connectivity index (χ2v) is 18.0. The lowest BCUT2D eigenvalue weighted by molar-refractivity contribution is -0.0966. The van der Waals surface area contributed by atoms with Crippen LogP contribution >= 0.6 is 11.8 Å². The van der Waals surface area contributed by atoms with E-state index in [-0.39, 0.29) is 0 Å². The first kappa shape index (κ1) is 27.8. The molecule has 0 amide bonds. The summed E-state index contributed by atoms with van der Waals surface area (Å²) in [6.07, 6.45) is 34.1. The van der Waals surface area contributed by atoms with Crippen LogP contribution in [0.4, 0.5) is 0 Å². The van der Waals surface area contributed by atoms with Gasteiger partial charge in [0.05, 0.1) is 12.2 Å². The molecule has 0 spiro atoms. The molecule has 3 heteroatoms. The summed E-state index contributed by atoms with van der Waals surface area (Å²) in [6, 6.07) is 2.45. The van der Waals surface area contributed by atoms with Crippen molar-refractivity contribution in [2.45, 2.75) is 189 Å². The Hall–Kier alpha value is 0.270. The molecule has 2 heterocycles. The Bertz CT molecular complexity index is 841. The number of thioether (sulfide) groups is 1. The van der Waals surface area contributed by atoms with Crippen LogP contribution in [0.3, 0.4) is 0 Å². The Labute approximate surface area is 251 Å². The molecule has 0 aromatic carbocycles. The maximum atomic E-state index is 7.58. The highest BCUT2D eigenvalue weighted by atomic mass is 32.2. The van der Waals surface area contributed by atoms with Crippen molar-refractivity contribution in [3.05, 3.63) is 0 Å². The first-order valence-electron chi connectivity index (χ1n) is 18.8. The van der Waals surface area contributed by atoms with Gasteiger partial charge in [-0.1, -0.05) is 58.3 Å². The second-order valence-electron chi connectivity index (χ2n) is 16.5. The van der Waals surface area contributed by atoms with Crippen molar-refractivity contribution >= 4 is 11.8 Å². The molecular formula is C37H61NOS. The monoisotopic (exact) mass is 567 g/mol. The van der Waals surface area contributed by atoms with E-state index in [1.807, 2.05) is 0 Å². The van der Waals surface area contributed by atoms with Crippen molar-refractivity contribution in [2.75, 3.05) is 0 Å². The zero-order valence-electron chi connectivity index (χ0n) is 25.9. The van der Waals surface area contributed by atoms with Gasteiger partial charge in [-0.25, -0.2) is 0 Å². The Balaban J connectivity index is 1.01. The summed E-state index contributed by atoms with van der Waals surface area (Å²) in [7, 11) is 0. The van der Waals surface area contributed by atoms with E-state index in [0.29, 0.717) is 12.2 Å². The summed E-state index contributed by atoms with van der Waals surface area (Å²) in [6.45, 7) is 2.49. The third-order valence-corrected chi connectivity index (χ3v) is 16.4. The van der Waals surface area contributed by atoms with Crippen LogP contribution in [0.2, 0.25) is 0 Å². The molecule has 2 saturated heterocycles. The van der Waals surface area contributed by atoms with Gasteiger partial charge in [0.25, 0.3) is 0 Å². The fourth-order valence-corrected chi connectivity index (χ4v) is 14.8. The van der Waals surface area contributed by atoms with Crippen molar-refractivity contribution in [1.29, 1.82) is 0 Å². The molecule has 2 nitrogen and oxygen atoms in total. The number of nitrogens with zero attached hydrogens (tertiary/aromatic N) is 1. The van der Waals surface area contributed by atoms with E-state index < -0.39 is 0 Å². The van der Waals surface area contributed by atoms with Gasteiger partial charge < -0.3 is 4.74 Å². The van der Waals surface area contributed by atoms with Gasteiger partial charge in [-0.2, -0.15) is 11.8 Å². The Morgan fingerprint density at radius 3 is 1.95 bits per heavy atom. The van der Waals surface area contributed by atoms with Crippen LogP contribution in [-0.4, -0.2) is 45.7 Å². The minimum Gasteiger partial charge on any atom is -0.372 e. The van der Waals surface area contributed by atoms with Crippen LogP contribution in [0.5, 0.6) is 0 Å². The van der Waals surface area contributed by atoms with Crippen LogP contribution in [0.1, 0.15) is 148 Å². The average molecular weight is 568 g/mol. The minimum absolute atomic E-state index is 0.564. The first-order valence-corrected chi connectivity index (χ1v) is 19.8. The molecule has 0 aromatic rings. The normalized spacial score (nSPS) is 51.6. The summed E-state index contributed by atoms with van der Waals surface area (Å²) in [5.41, 5.74) is 0. The Kier molecular flexibility index (Phi) is 8.33. The van der Waals surface area contributed by atoms with Gasteiger partial charge in [-0.05, 0) is 125 Å². The van der Waals surface area contributed by atoms with Gasteiger partial charge in [-0.15, -0.1) is 0 Å². The van der Waals surface area contributed by atoms with Gasteiger partial charge >= 0.3 is 0 Å². The molecule has 6 aliphatic carbocycles. The van der Waals surface area contributed by atoms with Crippen LogP contribution in [0.25, 0.3) is 0 Å². The summed E-state index contributed by atoms with van der Waals surface area (Å²) in [5.74, 6) is 6.76. The highest BCUT2D eigenvalue weighted by Gasteiger charge is 2.60. The number of hydrogen-bond donors (Lipinski definition) is 0. The van der Waals surface area contributed by atoms with Crippen molar-refractivity contribution in [1.82, 2.24) is 4.90 Å². The predicted molar refractivity (Wildman–Crippen MR) is 169 cm³/mol. The van der Waals surface area contributed by atoms with Crippen LogP contribution in [0, 0.1) is 41.4 Å². The highest BCUT2D eigenvalue weighted by Crippen LogP contribution is 2.61. The lowest BCUT2D eigenvalue weighted by Crippen LogP contribution is -2.57. The average Bonchev–Trinajstić information content (AvgIpc) is 3.57. The fourth-order valence-electron chi connectivity index (χ4n) is 12.7. The summed E-state index contributed by atoms with van der Waals surface area (Å²) >= 11 is 2.43. The van der Waals surface area contributed by atoms with E-state index in [0.717, 1.165) is 70.1 Å². The second kappa shape index (κ2) is 12.0. The first-order chi connectivity index (χ1) is 19.7. The maximum Gasteiger partial charge on any atom is 0.0766 e. The third kappa shape index (κ3) is 5.08. The predicted octanol–water partition coefficient (Wildman–Crippen LogP) is 9.64. The van der Waals surface area contributed by atoms with Crippen LogP contribution < -0.4 is 0 Å². The molecule has 9 unspecified atom stereocenters. The standard InChI is InChI=1S/C37H61NOS/c1-24-14-16-25(17-15-24)26-18-20-28(21-19-26)38(27-8-3-2-4-9-27)32-12-7-11-29-30-22-23-34-35(37(30)39-36(29)32)31-10-5-6-13-33(31)40-34/h24-37H,2-23H2,1H3. The maximum absolute atomic E-state index is 7.58. The molecule has 0 bridgehead atoms. The molecule has 8 aliphatic rings. The number of hydrogen-bond acceptors (Lipinski definition) is 3. The van der Waals surface area contributed by atoms with Crippen molar-refractivity contribution in [3.63, 3.8) is 0 Å². The van der Waals surface area contributed by atoms with E-state index in [4.69, 9.17) is 4.74 Å². The van der Waals surface area contributed by atoms with E-state index in [1.54, 1.807) is 0 Å². The lowest BCUT2D eigenvalue weighted by Gasteiger charge is -2.51. The number of rotatable bonds is 4. The molecule has 2 aliphatic heterocycles. The van der Waals surface area contributed by atoms with E-state index >= 15 is 0 Å². The summed E-state index contributed by atoms with van der Waals surface area (Å²) < 4.78 is 7.58. The van der Waals surface area contributed by atoms with Crippen molar-refractivity contribution < 1.29 is 4.74 Å². The van der Waals surface area contributed by atoms with Crippen LogP contribution in [-0.2, 0) is 4.74 Å². The zero-order chi connectivity index (χ0) is 26.6. The summed E-state index contributed by atoms with van der Waals surface area (Å²) in [5, 5.41) is 1.91. The molecule has 226 valence electrons. The van der Waals surface area contributed by atoms with E-state index in [1.165, 1.54) is 141 Å². The van der Waals surface area contributed by atoms with Crippen molar-refractivity contribution in [2.24, 2.45) is 41.4 Å². The number of ether oxygens (including phenoxy) is 1. The molecule has 8 fully saturated rings. The fraction of sp³-hybridized carbons (Fsp3) is 1.00. The Morgan fingerprint density at radius 1 is 0.500 bits per heavy atom. The molecule has 0 aromatic heterocycles.